The van der Waals surface area contributed by atoms with E-state index < -0.39 is 21.7 Å². The molecule has 0 unspecified atom stereocenters. The number of carbonyl (C=O) groups is 2. The summed E-state index contributed by atoms with van der Waals surface area (Å²) in [7, 11) is -1.82. The van der Waals surface area contributed by atoms with Crippen molar-refractivity contribution in [2.75, 3.05) is 24.4 Å². The molecule has 1 rings (SSSR count). The van der Waals surface area contributed by atoms with Crippen molar-refractivity contribution >= 4 is 39.0 Å². The van der Waals surface area contributed by atoms with Crippen molar-refractivity contribution < 1.29 is 27.9 Å². The second-order valence-corrected chi connectivity index (χ2v) is 7.29. The summed E-state index contributed by atoms with van der Waals surface area (Å²) in [5.74, 6) is -1.65. The predicted molar refractivity (Wildman–Crippen MR) is 82.5 cm³/mol. The number of hydrogen-bond donors (Lipinski definition) is 2. The van der Waals surface area contributed by atoms with E-state index in [2.05, 4.69) is 5.32 Å². The third kappa shape index (κ3) is 5.53. The van der Waals surface area contributed by atoms with Crippen LogP contribution < -0.4 is 10.1 Å². The molecule has 0 radical (unpaired) electrons. The standard InChI is InChI=1S/C13H16ClNO6S/c1-21-11-7-10(9(14)6-8(11)13(17)18)15-12(16)4-3-5-22(2,19)20/h6-7H,3-5H2,1-2H3,(H,15,16)(H,17,18). The first-order chi connectivity index (χ1) is 10.1. The molecule has 0 spiro atoms. The van der Waals surface area contributed by atoms with Crippen molar-refractivity contribution in [1.82, 2.24) is 0 Å². The van der Waals surface area contributed by atoms with Gasteiger partial charge in [0.2, 0.25) is 5.91 Å². The van der Waals surface area contributed by atoms with Crippen molar-refractivity contribution in [1.29, 1.82) is 0 Å². The molecule has 0 aliphatic carbocycles. The SMILES string of the molecule is COc1cc(NC(=O)CCCS(C)(=O)=O)c(Cl)cc1C(=O)O. The zero-order valence-electron chi connectivity index (χ0n) is 12.1. The Kier molecular flexibility index (Phi) is 6.19. The lowest BCUT2D eigenvalue weighted by atomic mass is 10.1. The van der Waals surface area contributed by atoms with Gasteiger partial charge in [-0.1, -0.05) is 11.6 Å². The number of halogens is 1. The molecule has 1 aromatic rings. The number of benzene rings is 1. The number of ether oxygens (including phenoxy) is 1. The van der Waals surface area contributed by atoms with Gasteiger partial charge in [0.25, 0.3) is 0 Å². The molecule has 0 fully saturated rings. The summed E-state index contributed by atoms with van der Waals surface area (Å²) in [6.45, 7) is 0. The summed E-state index contributed by atoms with van der Waals surface area (Å²) in [5, 5.41) is 11.6. The van der Waals surface area contributed by atoms with E-state index in [1.807, 2.05) is 0 Å². The Labute approximate surface area is 133 Å². The minimum atomic E-state index is -3.12. The van der Waals surface area contributed by atoms with Crippen LogP contribution in [0.5, 0.6) is 5.75 Å². The number of methoxy groups -OCH3 is 1. The fourth-order valence-electron chi connectivity index (χ4n) is 1.69. The average Bonchev–Trinajstić information content (AvgIpc) is 2.38. The molecule has 22 heavy (non-hydrogen) atoms. The highest BCUT2D eigenvalue weighted by Gasteiger charge is 2.16. The summed E-state index contributed by atoms with van der Waals surface area (Å²) < 4.78 is 26.9. The number of amides is 1. The largest absolute Gasteiger partial charge is 0.496 e. The van der Waals surface area contributed by atoms with Crippen LogP contribution in [0.3, 0.4) is 0 Å². The van der Waals surface area contributed by atoms with Crippen LogP contribution in [0, 0.1) is 0 Å². The van der Waals surface area contributed by atoms with Crippen molar-refractivity contribution in [3.63, 3.8) is 0 Å². The number of hydrogen-bond acceptors (Lipinski definition) is 5. The number of anilines is 1. The van der Waals surface area contributed by atoms with Gasteiger partial charge < -0.3 is 15.2 Å². The average molecular weight is 350 g/mol. The second kappa shape index (κ2) is 7.46. The smallest absolute Gasteiger partial charge is 0.339 e. The van der Waals surface area contributed by atoms with E-state index >= 15 is 0 Å². The number of nitrogens with one attached hydrogen (secondary N) is 1. The molecule has 0 saturated heterocycles. The zero-order chi connectivity index (χ0) is 16.9. The Bertz CT molecular complexity index is 686. The molecule has 0 aromatic heterocycles. The molecule has 0 saturated carbocycles. The van der Waals surface area contributed by atoms with Crippen molar-refractivity contribution in [2.45, 2.75) is 12.8 Å². The van der Waals surface area contributed by atoms with Crippen LogP contribution in [0.15, 0.2) is 12.1 Å². The monoisotopic (exact) mass is 349 g/mol. The fourth-order valence-corrected chi connectivity index (χ4v) is 2.57. The summed E-state index contributed by atoms with van der Waals surface area (Å²) in [4.78, 5) is 22.8. The highest BCUT2D eigenvalue weighted by molar-refractivity contribution is 7.90. The summed E-state index contributed by atoms with van der Waals surface area (Å²) in [6, 6.07) is 2.48. The van der Waals surface area contributed by atoms with Gasteiger partial charge in [-0.2, -0.15) is 0 Å². The Morgan fingerprint density at radius 1 is 1.36 bits per heavy atom. The molecule has 0 bridgehead atoms. The molecule has 1 amide bonds. The van der Waals surface area contributed by atoms with E-state index in [9.17, 15) is 18.0 Å². The Balaban J connectivity index is 2.81. The van der Waals surface area contributed by atoms with Crippen LogP contribution in [-0.4, -0.2) is 44.5 Å². The minimum absolute atomic E-state index is 0.00635. The summed E-state index contributed by atoms with van der Waals surface area (Å²) in [5.41, 5.74) is 0.0791. The number of aromatic carboxylic acids is 1. The van der Waals surface area contributed by atoms with E-state index in [0.29, 0.717) is 0 Å². The van der Waals surface area contributed by atoms with Gasteiger partial charge in [0, 0.05) is 18.7 Å². The first-order valence-corrected chi connectivity index (χ1v) is 8.66. The van der Waals surface area contributed by atoms with Crippen LogP contribution in [-0.2, 0) is 14.6 Å². The van der Waals surface area contributed by atoms with Gasteiger partial charge in [-0.3, -0.25) is 4.79 Å². The summed E-state index contributed by atoms with van der Waals surface area (Å²) in [6.07, 6.45) is 1.29. The Morgan fingerprint density at radius 3 is 2.50 bits per heavy atom. The Morgan fingerprint density at radius 2 is 2.00 bits per heavy atom. The van der Waals surface area contributed by atoms with Gasteiger partial charge in [0.05, 0.1) is 23.6 Å². The molecule has 9 heteroatoms. The molecule has 1 aromatic carbocycles. The molecule has 2 N–H and O–H groups in total. The number of carboxylic acid groups (broad SMARTS) is 1. The van der Waals surface area contributed by atoms with Crippen LogP contribution in [0.4, 0.5) is 5.69 Å². The minimum Gasteiger partial charge on any atom is -0.496 e. The van der Waals surface area contributed by atoms with Crippen molar-refractivity contribution in [3.8, 4) is 5.75 Å². The Hall–Kier alpha value is -1.80. The first-order valence-electron chi connectivity index (χ1n) is 6.22. The van der Waals surface area contributed by atoms with Gasteiger partial charge >= 0.3 is 5.97 Å². The predicted octanol–water partition coefficient (Wildman–Crippen LogP) is 1.81. The van der Waals surface area contributed by atoms with Crippen molar-refractivity contribution in [3.05, 3.63) is 22.7 Å². The van der Waals surface area contributed by atoms with Gasteiger partial charge in [0.1, 0.15) is 21.2 Å². The maximum Gasteiger partial charge on any atom is 0.339 e. The van der Waals surface area contributed by atoms with E-state index in [1.54, 1.807) is 0 Å². The number of sulfone groups is 1. The lowest BCUT2D eigenvalue weighted by Crippen LogP contribution is -2.14. The third-order valence-electron chi connectivity index (χ3n) is 2.71. The maximum absolute atomic E-state index is 11.7. The molecule has 0 aliphatic rings. The van der Waals surface area contributed by atoms with Gasteiger partial charge in [-0.15, -0.1) is 0 Å². The number of rotatable bonds is 7. The normalized spacial score (nSPS) is 11.0. The highest BCUT2D eigenvalue weighted by atomic mass is 35.5. The fraction of sp³-hybridized carbons (Fsp3) is 0.385. The number of carboxylic acids is 1. The number of carbonyl (C=O) groups excluding carboxylic acids is 1. The maximum atomic E-state index is 11.7. The molecule has 0 heterocycles. The van der Waals surface area contributed by atoms with Gasteiger partial charge in [0.15, 0.2) is 0 Å². The molecule has 7 nitrogen and oxygen atoms in total. The van der Waals surface area contributed by atoms with Crippen LogP contribution in [0.2, 0.25) is 5.02 Å². The molecular weight excluding hydrogens is 334 g/mol. The summed E-state index contributed by atoms with van der Waals surface area (Å²) >= 11 is 5.92. The molecule has 0 aliphatic heterocycles. The van der Waals surface area contributed by atoms with E-state index in [1.165, 1.54) is 19.2 Å². The lowest BCUT2D eigenvalue weighted by Gasteiger charge is -2.11. The van der Waals surface area contributed by atoms with E-state index in [0.717, 1.165) is 6.26 Å². The quantitative estimate of drug-likeness (QED) is 0.776. The first kappa shape index (κ1) is 18.2. The molecular formula is C13H16ClNO6S. The van der Waals surface area contributed by atoms with E-state index in [-0.39, 0.29) is 40.6 Å². The molecule has 122 valence electrons. The highest BCUT2D eigenvalue weighted by Crippen LogP contribution is 2.31. The zero-order valence-corrected chi connectivity index (χ0v) is 13.6. The van der Waals surface area contributed by atoms with E-state index in [4.69, 9.17) is 21.4 Å². The van der Waals surface area contributed by atoms with Crippen LogP contribution >= 0.6 is 11.6 Å². The third-order valence-corrected chi connectivity index (χ3v) is 4.06. The topological polar surface area (TPSA) is 110 Å². The van der Waals surface area contributed by atoms with Crippen molar-refractivity contribution in [2.24, 2.45) is 0 Å². The van der Waals surface area contributed by atoms with Gasteiger partial charge in [-0.25, -0.2) is 13.2 Å². The molecule has 0 atom stereocenters. The lowest BCUT2D eigenvalue weighted by molar-refractivity contribution is -0.116. The second-order valence-electron chi connectivity index (χ2n) is 4.62. The van der Waals surface area contributed by atoms with Crippen LogP contribution in [0.25, 0.3) is 0 Å². The van der Waals surface area contributed by atoms with Gasteiger partial charge in [-0.05, 0) is 12.5 Å². The van der Waals surface area contributed by atoms with Crippen LogP contribution in [0.1, 0.15) is 23.2 Å².